The number of aryl methyl sites for hydroxylation is 1. The van der Waals surface area contributed by atoms with Crippen molar-refractivity contribution in [3.8, 4) is 0 Å². The quantitative estimate of drug-likeness (QED) is 0.373. The van der Waals surface area contributed by atoms with Crippen LogP contribution in [0, 0.1) is 10.1 Å². The molecule has 0 bridgehead atoms. The van der Waals surface area contributed by atoms with E-state index in [-0.39, 0.29) is 23.3 Å². The van der Waals surface area contributed by atoms with Crippen molar-refractivity contribution in [3.63, 3.8) is 0 Å². The first-order valence-electron chi connectivity index (χ1n) is 9.75. The zero-order valence-corrected chi connectivity index (χ0v) is 18.5. The number of hydrogen-bond acceptors (Lipinski definition) is 8. The average molecular weight is 460 g/mol. The van der Waals surface area contributed by atoms with Gasteiger partial charge in [0.05, 0.1) is 22.5 Å². The number of amides is 1. The summed E-state index contributed by atoms with van der Waals surface area (Å²) in [7, 11) is 1.76. The summed E-state index contributed by atoms with van der Waals surface area (Å²) in [5, 5.41) is 22.0. The van der Waals surface area contributed by atoms with Gasteiger partial charge in [0.2, 0.25) is 0 Å². The van der Waals surface area contributed by atoms with Gasteiger partial charge in [-0.15, -0.1) is 21.5 Å². The summed E-state index contributed by atoms with van der Waals surface area (Å²) in [4.78, 5) is 27.8. The van der Waals surface area contributed by atoms with Gasteiger partial charge in [0.25, 0.3) is 11.6 Å². The molecule has 1 unspecified atom stereocenters. The molecule has 0 N–H and O–H groups in total. The van der Waals surface area contributed by atoms with E-state index in [9.17, 15) is 14.9 Å². The van der Waals surface area contributed by atoms with E-state index in [0.717, 1.165) is 29.5 Å². The number of hydrogen-bond donors (Lipinski definition) is 0. The molecule has 1 aromatic carbocycles. The fraction of sp³-hybridized carbons (Fsp3) is 0.350. The third-order valence-electron chi connectivity index (χ3n) is 4.94. The fourth-order valence-corrected chi connectivity index (χ4v) is 4.94. The minimum Gasteiger partial charge on any atom is -0.376 e. The molecular weight excluding hydrogens is 438 g/mol. The Hall–Kier alpha value is -2.76. The minimum absolute atomic E-state index is 0.00959. The first kappa shape index (κ1) is 21.5. The largest absolute Gasteiger partial charge is 0.376 e. The highest BCUT2D eigenvalue weighted by atomic mass is 32.2. The number of nitrogens with zero attached hydrogens (tertiary/aromatic N) is 5. The molecule has 162 valence electrons. The second-order valence-electron chi connectivity index (χ2n) is 7.17. The van der Waals surface area contributed by atoms with Crippen LogP contribution in [0.25, 0.3) is 0 Å². The molecular formula is C20H21N5O4S2. The molecule has 0 aliphatic carbocycles. The van der Waals surface area contributed by atoms with E-state index < -0.39 is 4.92 Å². The van der Waals surface area contributed by atoms with Crippen LogP contribution >= 0.6 is 23.1 Å². The topological polar surface area (TPSA) is 103 Å². The summed E-state index contributed by atoms with van der Waals surface area (Å²) in [6, 6.07) is 8.49. The Morgan fingerprint density at radius 1 is 1.45 bits per heavy atom. The van der Waals surface area contributed by atoms with Crippen molar-refractivity contribution in [1.29, 1.82) is 0 Å². The van der Waals surface area contributed by atoms with Crippen LogP contribution in [0.2, 0.25) is 0 Å². The van der Waals surface area contributed by atoms with Gasteiger partial charge in [-0.05, 0) is 48.2 Å². The zero-order chi connectivity index (χ0) is 21.8. The second-order valence-corrected chi connectivity index (χ2v) is 9.21. The van der Waals surface area contributed by atoms with Crippen LogP contribution in [-0.2, 0) is 18.3 Å². The van der Waals surface area contributed by atoms with E-state index >= 15 is 0 Å². The standard InChI is InChI=1S/C20H21N5O4S2/c1-23-13-21-22-20(23)31-18-7-6-14(10-17(18)25(27)28)19(26)24(11-15-4-2-8-29-15)12-16-5-3-9-30-16/h3,5-7,9-10,13,15H,2,4,8,11-12H2,1H3. The average Bonchev–Trinajstić information content (AvgIpc) is 3.52. The number of ether oxygens (including phenoxy) is 1. The molecule has 2 aromatic heterocycles. The summed E-state index contributed by atoms with van der Waals surface area (Å²) in [6.45, 7) is 1.60. The maximum absolute atomic E-state index is 13.3. The third kappa shape index (κ3) is 5.12. The lowest BCUT2D eigenvalue weighted by molar-refractivity contribution is -0.387. The van der Waals surface area contributed by atoms with Gasteiger partial charge < -0.3 is 14.2 Å². The van der Waals surface area contributed by atoms with Gasteiger partial charge in [-0.1, -0.05) is 6.07 Å². The molecule has 1 amide bonds. The molecule has 11 heteroatoms. The van der Waals surface area contributed by atoms with Crippen LogP contribution in [0.4, 0.5) is 5.69 Å². The lowest BCUT2D eigenvalue weighted by Gasteiger charge is -2.25. The maximum Gasteiger partial charge on any atom is 0.284 e. The Kier molecular flexibility index (Phi) is 6.64. The van der Waals surface area contributed by atoms with Crippen molar-refractivity contribution < 1.29 is 14.5 Å². The van der Waals surface area contributed by atoms with Crippen LogP contribution < -0.4 is 0 Å². The number of thiophene rings is 1. The van der Waals surface area contributed by atoms with Gasteiger partial charge in [0, 0.05) is 36.7 Å². The van der Waals surface area contributed by atoms with Crippen molar-refractivity contribution >= 4 is 34.7 Å². The Balaban J connectivity index is 1.60. The lowest BCUT2D eigenvalue weighted by Crippen LogP contribution is -2.36. The van der Waals surface area contributed by atoms with Crippen molar-refractivity contribution in [2.24, 2.45) is 7.05 Å². The van der Waals surface area contributed by atoms with E-state index in [1.54, 1.807) is 40.0 Å². The van der Waals surface area contributed by atoms with Crippen molar-refractivity contribution in [1.82, 2.24) is 19.7 Å². The van der Waals surface area contributed by atoms with E-state index in [0.29, 0.717) is 29.7 Å². The van der Waals surface area contributed by atoms with Crippen molar-refractivity contribution in [2.45, 2.75) is 35.5 Å². The van der Waals surface area contributed by atoms with Crippen LogP contribution in [0.3, 0.4) is 0 Å². The van der Waals surface area contributed by atoms with Gasteiger partial charge in [0.1, 0.15) is 6.33 Å². The smallest absolute Gasteiger partial charge is 0.284 e. The van der Waals surface area contributed by atoms with E-state index in [2.05, 4.69) is 10.2 Å². The number of nitro benzene ring substituents is 1. The summed E-state index contributed by atoms with van der Waals surface area (Å²) >= 11 is 2.71. The van der Waals surface area contributed by atoms with E-state index in [1.165, 1.54) is 12.4 Å². The van der Waals surface area contributed by atoms with Gasteiger partial charge >= 0.3 is 0 Å². The summed E-state index contributed by atoms with van der Waals surface area (Å²) in [5.41, 5.74) is 0.149. The molecule has 0 radical (unpaired) electrons. The maximum atomic E-state index is 13.3. The van der Waals surface area contributed by atoms with Gasteiger partial charge in [-0.25, -0.2) is 0 Å². The molecule has 31 heavy (non-hydrogen) atoms. The third-order valence-corrected chi connectivity index (χ3v) is 6.91. The molecule has 9 nitrogen and oxygen atoms in total. The molecule has 1 saturated heterocycles. The normalized spacial score (nSPS) is 15.8. The molecule has 0 spiro atoms. The zero-order valence-electron chi connectivity index (χ0n) is 16.8. The fourth-order valence-electron chi connectivity index (χ4n) is 3.37. The number of aromatic nitrogens is 3. The Labute approximate surface area is 187 Å². The highest BCUT2D eigenvalue weighted by Crippen LogP contribution is 2.34. The number of nitro groups is 1. The molecule has 4 rings (SSSR count). The molecule has 1 fully saturated rings. The first-order valence-corrected chi connectivity index (χ1v) is 11.4. The number of carbonyl (C=O) groups is 1. The molecule has 1 aliphatic rings. The molecule has 3 heterocycles. The lowest BCUT2D eigenvalue weighted by atomic mass is 10.1. The highest BCUT2D eigenvalue weighted by molar-refractivity contribution is 7.99. The SMILES string of the molecule is Cn1cnnc1Sc1ccc(C(=O)N(Cc2cccs2)CC2CCCO2)cc1[N+](=O)[O-]. The van der Waals surface area contributed by atoms with Crippen molar-refractivity contribution in [2.75, 3.05) is 13.2 Å². The number of benzene rings is 1. The molecule has 3 aromatic rings. The van der Waals surface area contributed by atoms with E-state index in [1.807, 2.05) is 17.5 Å². The monoisotopic (exact) mass is 459 g/mol. The predicted octanol–water partition coefficient (Wildman–Crippen LogP) is 3.76. The molecule has 1 atom stereocenters. The van der Waals surface area contributed by atoms with Crippen molar-refractivity contribution in [3.05, 3.63) is 62.6 Å². The minimum atomic E-state index is -0.473. The number of carbonyl (C=O) groups excluding carboxylic acids is 1. The summed E-state index contributed by atoms with van der Waals surface area (Å²) in [5.74, 6) is -0.248. The van der Waals surface area contributed by atoms with Crippen LogP contribution in [-0.4, -0.2) is 49.8 Å². The Morgan fingerprint density at radius 3 is 2.97 bits per heavy atom. The van der Waals surface area contributed by atoms with Gasteiger partial charge in [0.15, 0.2) is 5.16 Å². The first-order chi connectivity index (χ1) is 15.0. The Bertz CT molecular complexity index is 1060. The van der Waals surface area contributed by atoms with Gasteiger partial charge in [-0.2, -0.15) is 0 Å². The molecule has 0 saturated carbocycles. The predicted molar refractivity (Wildman–Crippen MR) is 116 cm³/mol. The summed E-state index contributed by atoms with van der Waals surface area (Å²) in [6.07, 6.45) is 3.40. The van der Waals surface area contributed by atoms with Crippen LogP contribution in [0.5, 0.6) is 0 Å². The highest BCUT2D eigenvalue weighted by Gasteiger charge is 2.26. The van der Waals surface area contributed by atoms with Crippen LogP contribution in [0.1, 0.15) is 28.1 Å². The van der Waals surface area contributed by atoms with Gasteiger partial charge in [-0.3, -0.25) is 14.9 Å². The van der Waals surface area contributed by atoms with Crippen LogP contribution in [0.15, 0.2) is 52.1 Å². The summed E-state index contributed by atoms with van der Waals surface area (Å²) < 4.78 is 7.40. The Morgan fingerprint density at radius 2 is 2.32 bits per heavy atom. The van der Waals surface area contributed by atoms with E-state index in [4.69, 9.17) is 4.74 Å². The second kappa shape index (κ2) is 9.58. The number of rotatable bonds is 8. The molecule has 1 aliphatic heterocycles.